The Morgan fingerprint density at radius 2 is 2.06 bits per heavy atom. The average molecular weight is 241 g/mol. The molecule has 0 aliphatic carbocycles. The number of cyclic esters (lactones) is 1. The van der Waals surface area contributed by atoms with Gasteiger partial charge in [-0.3, -0.25) is 0 Å². The van der Waals surface area contributed by atoms with Crippen LogP contribution in [0.25, 0.3) is 0 Å². The number of alkyl carbamates (subject to hydrolysis) is 1. The van der Waals surface area contributed by atoms with Crippen LogP contribution in [-0.4, -0.2) is 18.6 Å². The fraction of sp³-hybridized carbons (Fsp3) is 0.417. The third-order valence-corrected chi connectivity index (χ3v) is 2.80. The van der Waals surface area contributed by atoms with Gasteiger partial charge in [-0.15, -0.1) is 0 Å². The van der Waals surface area contributed by atoms with Crippen LogP contribution >= 0.6 is 0 Å². The molecule has 0 saturated carbocycles. The molecule has 0 unspecified atom stereocenters. The maximum Gasteiger partial charge on any atom is 0.408 e. The first-order chi connectivity index (χ1) is 8.03. The number of aryl methyl sites for hydroxylation is 1. The second-order valence-corrected chi connectivity index (χ2v) is 4.01. The average Bonchev–Trinajstić information content (AvgIpc) is 2.33. The van der Waals surface area contributed by atoms with Crippen LogP contribution in [0.4, 0.5) is 13.6 Å². The standard InChI is InChI=1S/C12H13F2NO2/c1-2-8-3-5-9(6-4-8)10-12(13,14)7-17-11(16)15-10/h3-6,10H,2,7H2,1H3,(H,15,16)/t10-/m0/s1. The van der Waals surface area contributed by atoms with E-state index >= 15 is 0 Å². The van der Waals surface area contributed by atoms with E-state index in [0.717, 1.165) is 12.0 Å². The minimum atomic E-state index is -3.08. The molecule has 2 rings (SSSR count). The van der Waals surface area contributed by atoms with E-state index in [0.29, 0.717) is 5.56 Å². The molecule has 5 heteroatoms. The third-order valence-electron chi connectivity index (χ3n) is 2.80. The molecule has 1 aromatic carbocycles. The van der Waals surface area contributed by atoms with Crippen molar-refractivity contribution in [2.24, 2.45) is 0 Å². The first kappa shape index (κ1) is 11.8. The highest BCUT2D eigenvalue weighted by molar-refractivity contribution is 5.69. The number of amides is 1. The smallest absolute Gasteiger partial charge is 0.408 e. The highest BCUT2D eigenvalue weighted by Gasteiger charge is 2.46. The summed E-state index contributed by atoms with van der Waals surface area (Å²) >= 11 is 0. The normalized spacial score (nSPS) is 22.8. The van der Waals surface area contributed by atoms with Crippen LogP contribution in [-0.2, 0) is 11.2 Å². The fourth-order valence-electron chi connectivity index (χ4n) is 1.78. The highest BCUT2D eigenvalue weighted by atomic mass is 19.3. The molecule has 1 saturated heterocycles. The first-order valence-electron chi connectivity index (χ1n) is 5.43. The van der Waals surface area contributed by atoms with Crippen molar-refractivity contribution in [2.45, 2.75) is 25.3 Å². The molecular weight excluding hydrogens is 228 g/mol. The molecule has 3 nitrogen and oxygen atoms in total. The lowest BCUT2D eigenvalue weighted by Gasteiger charge is -2.31. The maximum atomic E-state index is 13.6. The summed E-state index contributed by atoms with van der Waals surface area (Å²) in [6, 6.07) is 5.49. The molecule has 0 spiro atoms. The van der Waals surface area contributed by atoms with Crippen molar-refractivity contribution in [1.29, 1.82) is 0 Å². The predicted molar refractivity (Wildman–Crippen MR) is 58.0 cm³/mol. The van der Waals surface area contributed by atoms with Crippen LogP contribution in [0.1, 0.15) is 24.1 Å². The summed E-state index contributed by atoms with van der Waals surface area (Å²) in [7, 11) is 0. The molecule has 1 heterocycles. The number of rotatable bonds is 2. The van der Waals surface area contributed by atoms with Crippen molar-refractivity contribution >= 4 is 6.09 Å². The zero-order valence-corrected chi connectivity index (χ0v) is 9.37. The van der Waals surface area contributed by atoms with Crippen molar-refractivity contribution in [3.8, 4) is 0 Å². The van der Waals surface area contributed by atoms with E-state index in [1.165, 1.54) is 0 Å². The summed E-state index contributed by atoms with van der Waals surface area (Å²) in [6.07, 6.45) is 0.0390. The zero-order valence-electron chi connectivity index (χ0n) is 9.37. The summed E-state index contributed by atoms with van der Waals surface area (Å²) < 4.78 is 31.4. The Kier molecular flexibility index (Phi) is 3.00. The van der Waals surface area contributed by atoms with Crippen molar-refractivity contribution in [2.75, 3.05) is 6.61 Å². The van der Waals surface area contributed by atoms with E-state index in [9.17, 15) is 13.6 Å². The Balaban J connectivity index is 2.26. The molecule has 1 fully saturated rings. The van der Waals surface area contributed by atoms with Gasteiger partial charge in [0.2, 0.25) is 0 Å². The number of hydrogen-bond acceptors (Lipinski definition) is 2. The van der Waals surface area contributed by atoms with E-state index in [4.69, 9.17) is 0 Å². The van der Waals surface area contributed by atoms with Gasteiger partial charge in [0.1, 0.15) is 6.04 Å². The van der Waals surface area contributed by atoms with Crippen LogP contribution in [0.15, 0.2) is 24.3 Å². The molecule has 1 N–H and O–H groups in total. The van der Waals surface area contributed by atoms with Gasteiger partial charge in [-0.25, -0.2) is 13.6 Å². The maximum absolute atomic E-state index is 13.6. The van der Waals surface area contributed by atoms with Gasteiger partial charge in [0, 0.05) is 0 Å². The van der Waals surface area contributed by atoms with E-state index in [1.54, 1.807) is 24.3 Å². The number of carbonyl (C=O) groups excluding carboxylic acids is 1. The number of alkyl halides is 2. The van der Waals surface area contributed by atoms with Gasteiger partial charge < -0.3 is 10.1 Å². The highest BCUT2D eigenvalue weighted by Crippen LogP contribution is 2.34. The largest absolute Gasteiger partial charge is 0.443 e. The lowest BCUT2D eigenvalue weighted by molar-refractivity contribution is -0.104. The Bertz CT molecular complexity index is 417. The summed E-state index contributed by atoms with van der Waals surface area (Å²) in [5.41, 5.74) is 1.46. The molecular formula is C12H13F2NO2. The fourth-order valence-corrected chi connectivity index (χ4v) is 1.78. The van der Waals surface area contributed by atoms with Crippen LogP contribution < -0.4 is 5.32 Å². The summed E-state index contributed by atoms with van der Waals surface area (Å²) in [5, 5.41) is 2.15. The Morgan fingerprint density at radius 3 is 2.65 bits per heavy atom. The van der Waals surface area contributed by atoms with Crippen LogP contribution in [0.5, 0.6) is 0 Å². The third kappa shape index (κ3) is 2.38. The van der Waals surface area contributed by atoms with Gasteiger partial charge in [-0.05, 0) is 17.5 Å². The lowest BCUT2D eigenvalue weighted by atomic mass is 9.98. The summed E-state index contributed by atoms with van der Waals surface area (Å²) in [6.45, 7) is 1.11. The number of nitrogens with one attached hydrogen (secondary N) is 1. The van der Waals surface area contributed by atoms with Gasteiger partial charge in [-0.1, -0.05) is 31.2 Å². The number of ether oxygens (including phenoxy) is 1. The van der Waals surface area contributed by atoms with Gasteiger partial charge >= 0.3 is 12.0 Å². The van der Waals surface area contributed by atoms with Crippen LogP contribution in [0, 0.1) is 0 Å². The van der Waals surface area contributed by atoms with Gasteiger partial charge in [0.15, 0.2) is 6.61 Å². The monoisotopic (exact) mass is 241 g/mol. The SMILES string of the molecule is CCc1ccc([C@@H]2NC(=O)OCC2(F)F)cc1. The van der Waals surface area contributed by atoms with E-state index in [2.05, 4.69) is 10.1 Å². The number of carbonyl (C=O) groups is 1. The second-order valence-electron chi connectivity index (χ2n) is 4.01. The minimum absolute atomic E-state index is 0.392. The lowest BCUT2D eigenvalue weighted by Crippen LogP contribution is -2.49. The second kappa shape index (κ2) is 4.31. The zero-order chi connectivity index (χ0) is 12.5. The molecule has 0 aromatic heterocycles. The van der Waals surface area contributed by atoms with Crippen molar-refractivity contribution in [3.05, 3.63) is 35.4 Å². The van der Waals surface area contributed by atoms with E-state index in [1.807, 2.05) is 6.92 Å². The summed E-state index contributed by atoms with van der Waals surface area (Å²) in [5.74, 6) is -3.08. The van der Waals surface area contributed by atoms with E-state index < -0.39 is 24.7 Å². The first-order valence-corrected chi connectivity index (χ1v) is 5.43. The molecule has 0 bridgehead atoms. The molecule has 1 aliphatic heterocycles. The molecule has 0 radical (unpaired) electrons. The topological polar surface area (TPSA) is 38.3 Å². The van der Waals surface area contributed by atoms with Gasteiger partial charge in [0.25, 0.3) is 0 Å². The van der Waals surface area contributed by atoms with Crippen molar-refractivity contribution in [3.63, 3.8) is 0 Å². The Hall–Kier alpha value is -1.65. The Morgan fingerprint density at radius 1 is 1.41 bits per heavy atom. The Labute approximate surface area is 97.8 Å². The van der Waals surface area contributed by atoms with Gasteiger partial charge in [0.05, 0.1) is 0 Å². The molecule has 92 valence electrons. The summed E-state index contributed by atoms with van der Waals surface area (Å²) in [4.78, 5) is 11.0. The number of benzene rings is 1. The predicted octanol–water partition coefficient (Wildman–Crippen LogP) is 2.67. The number of hydrogen-bond donors (Lipinski definition) is 1. The molecule has 17 heavy (non-hydrogen) atoms. The van der Waals surface area contributed by atoms with Crippen LogP contribution in [0.2, 0.25) is 0 Å². The van der Waals surface area contributed by atoms with Crippen molar-refractivity contribution < 1.29 is 18.3 Å². The minimum Gasteiger partial charge on any atom is -0.443 e. The molecule has 1 atom stereocenters. The van der Waals surface area contributed by atoms with Gasteiger partial charge in [-0.2, -0.15) is 0 Å². The number of halogens is 2. The molecule has 1 aliphatic rings. The van der Waals surface area contributed by atoms with E-state index in [-0.39, 0.29) is 0 Å². The quantitative estimate of drug-likeness (QED) is 0.864. The van der Waals surface area contributed by atoms with Crippen molar-refractivity contribution in [1.82, 2.24) is 5.32 Å². The molecule has 1 aromatic rings. The van der Waals surface area contributed by atoms with Crippen LogP contribution in [0.3, 0.4) is 0 Å². The molecule has 1 amide bonds.